The minimum atomic E-state index is -0.125. The predicted octanol–water partition coefficient (Wildman–Crippen LogP) is 2.70. The molecule has 0 fully saturated rings. The maximum atomic E-state index is 12.2. The van der Waals surface area contributed by atoms with Gasteiger partial charge in [0, 0.05) is 18.1 Å². The summed E-state index contributed by atoms with van der Waals surface area (Å²) in [7, 11) is 1.75. The Hall–Kier alpha value is -1.88. The molecule has 0 saturated heterocycles. The van der Waals surface area contributed by atoms with Gasteiger partial charge >= 0.3 is 0 Å². The second-order valence-electron chi connectivity index (χ2n) is 4.27. The summed E-state index contributed by atoms with van der Waals surface area (Å²) >= 11 is 3.41. The Morgan fingerprint density at radius 3 is 2.79 bits per heavy atom. The zero-order valence-corrected chi connectivity index (χ0v) is 12.1. The van der Waals surface area contributed by atoms with Crippen LogP contribution in [0.2, 0.25) is 0 Å². The highest BCUT2D eigenvalue weighted by molar-refractivity contribution is 9.10. The van der Waals surface area contributed by atoms with Crippen LogP contribution in [0.5, 0.6) is 0 Å². The molecule has 0 bridgehead atoms. The van der Waals surface area contributed by atoms with Gasteiger partial charge in [-0.3, -0.25) is 4.79 Å². The van der Waals surface area contributed by atoms with Gasteiger partial charge in [0.15, 0.2) is 0 Å². The topological polar surface area (TPSA) is 59.2 Å². The summed E-state index contributed by atoms with van der Waals surface area (Å²) in [6.07, 6.45) is 1.49. The second-order valence-corrected chi connectivity index (χ2v) is 5.18. The van der Waals surface area contributed by atoms with Crippen molar-refractivity contribution in [2.45, 2.75) is 6.54 Å². The van der Waals surface area contributed by atoms with Crippen molar-refractivity contribution < 1.29 is 4.79 Å². The first-order valence-corrected chi connectivity index (χ1v) is 6.57. The van der Waals surface area contributed by atoms with Crippen molar-refractivity contribution in [2.24, 2.45) is 0 Å². The fourth-order valence-electron chi connectivity index (χ4n) is 1.71. The van der Waals surface area contributed by atoms with E-state index in [4.69, 9.17) is 5.73 Å². The number of anilines is 1. The van der Waals surface area contributed by atoms with E-state index in [0.29, 0.717) is 17.9 Å². The zero-order chi connectivity index (χ0) is 13.8. The van der Waals surface area contributed by atoms with E-state index in [-0.39, 0.29) is 5.91 Å². The first kappa shape index (κ1) is 13.5. The number of hydrogen-bond acceptors (Lipinski definition) is 3. The summed E-state index contributed by atoms with van der Waals surface area (Å²) in [6.45, 7) is 0.532. The molecule has 0 aliphatic rings. The number of carbonyl (C=O) groups excluding carboxylic acids is 1. The molecule has 0 atom stereocenters. The van der Waals surface area contributed by atoms with Crippen LogP contribution < -0.4 is 5.73 Å². The number of hydrogen-bond donors (Lipinski definition) is 1. The fraction of sp³-hybridized carbons (Fsp3) is 0.143. The third-order valence-electron chi connectivity index (χ3n) is 2.66. The number of aromatic nitrogens is 1. The van der Waals surface area contributed by atoms with Crippen LogP contribution in [0.3, 0.4) is 0 Å². The third kappa shape index (κ3) is 3.54. The third-order valence-corrected chi connectivity index (χ3v) is 3.15. The van der Waals surface area contributed by atoms with Crippen molar-refractivity contribution in [1.82, 2.24) is 9.88 Å². The molecule has 2 rings (SSSR count). The first-order chi connectivity index (χ1) is 9.06. The lowest BCUT2D eigenvalue weighted by molar-refractivity contribution is 0.0779. The van der Waals surface area contributed by atoms with Gasteiger partial charge in [0.25, 0.3) is 5.91 Å². The largest absolute Gasteiger partial charge is 0.397 e. The van der Waals surface area contributed by atoms with Crippen molar-refractivity contribution in [2.75, 3.05) is 12.8 Å². The molecule has 1 aromatic carbocycles. The van der Waals surface area contributed by atoms with Crippen LogP contribution in [0.1, 0.15) is 16.1 Å². The summed E-state index contributed by atoms with van der Waals surface area (Å²) in [6, 6.07) is 11.2. The van der Waals surface area contributed by atoms with E-state index in [1.165, 1.54) is 6.20 Å². The molecule has 2 N–H and O–H groups in total. The lowest BCUT2D eigenvalue weighted by Gasteiger charge is -2.17. The van der Waals surface area contributed by atoms with Crippen molar-refractivity contribution in [3.05, 3.63) is 58.3 Å². The van der Waals surface area contributed by atoms with Crippen molar-refractivity contribution >= 4 is 27.5 Å². The molecule has 0 aliphatic carbocycles. The number of benzene rings is 1. The van der Waals surface area contributed by atoms with E-state index in [0.717, 1.165) is 10.0 Å². The van der Waals surface area contributed by atoms with Gasteiger partial charge in [0.1, 0.15) is 5.69 Å². The minimum absolute atomic E-state index is 0.125. The number of carbonyl (C=O) groups is 1. The Bertz CT molecular complexity index is 583. The van der Waals surface area contributed by atoms with Gasteiger partial charge in [-0.1, -0.05) is 28.1 Å². The average Bonchev–Trinajstić information content (AvgIpc) is 2.39. The number of nitrogen functional groups attached to an aromatic ring is 1. The molecule has 0 saturated carbocycles. The predicted molar refractivity (Wildman–Crippen MR) is 78.6 cm³/mol. The van der Waals surface area contributed by atoms with Crippen molar-refractivity contribution in [3.63, 3.8) is 0 Å². The molecule has 19 heavy (non-hydrogen) atoms. The van der Waals surface area contributed by atoms with Crippen LogP contribution in [0.25, 0.3) is 0 Å². The van der Waals surface area contributed by atoms with E-state index >= 15 is 0 Å². The van der Waals surface area contributed by atoms with E-state index in [2.05, 4.69) is 20.9 Å². The molecule has 98 valence electrons. The Balaban J connectivity index is 2.09. The van der Waals surface area contributed by atoms with Crippen LogP contribution in [0.15, 0.2) is 47.1 Å². The number of nitrogens with zero attached hydrogens (tertiary/aromatic N) is 2. The average molecular weight is 320 g/mol. The van der Waals surface area contributed by atoms with E-state index in [9.17, 15) is 4.79 Å². The second kappa shape index (κ2) is 5.84. The molecule has 1 aromatic heterocycles. The number of halogens is 1. The highest BCUT2D eigenvalue weighted by Crippen LogP contribution is 2.14. The van der Waals surface area contributed by atoms with E-state index in [1.54, 1.807) is 24.1 Å². The number of amides is 1. The fourth-order valence-corrected chi connectivity index (χ4v) is 2.15. The van der Waals surface area contributed by atoms with Gasteiger partial charge in [-0.25, -0.2) is 4.98 Å². The van der Waals surface area contributed by atoms with Crippen LogP contribution in [0.4, 0.5) is 5.69 Å². The van der Waals surface area contributed by atoms with E-state index in [1.807, 2.05) is 24.3 Å². The minimum Gasteiger partial charge on any atom is -0.397 e. The molecule has 4 nitrogen and oxygen atoms in total. The van der Waals surface area contributed by atoms with Gasteiger partial charge in [0.2, 0.25) is 0 Å². The Kier molecular flexibility index (Phi) is 4.16. The van der Waals surface area contributed by atoms with Crippen molar-refractivity contribution in [3.8, 4) is 0 Å². The van der Waals surface area contributed by atoms with Gasteiger partial charge in [-0.15, -0.1) is 0 Å². The van der Waals surface area contributed by atoms with Crippen LogP contribution in [-0.2, 0) is 6.54 Å². The summed E-state index contributed by atoms with van der Waals surface area (Å²) in [5.41, 5.74) is 7.55. The van der Waals surface area contributed by atoms with Gasteiger partial charge in [-0.05, 0) is 29.8 Å². The molecule has 1 amide bonds. The normalized spacial score (nSPS) is 10.2. The van der Waals surface area contributed by atoms with Crippen LogP contribution in [0, 0.1) is 0 Å². The van der Waals surface area contributed by atoms with Gasteiger partial charge in [0.05, 0.1) is 11.9 Å². The molecule has 1 heterocycles. The molecule has 0 spiro atoms. The van der Waals surface area contributed by atoms with Crippen LogP contribution in [-0.4, -0.2) is 22.8 Å². The quantitative estimate of drug-likeness (QED) is 0.946. The summed E-state index contributed by atoms with van der Waals surface area (Å²) in [5, 5.41) is 0. The molecule has 5 heteroatoms. The van der Waals surface area contributed by atoms with Crippen molar-refractivity contribution in [1.29, 1.82) is 0 Å². The standard InChI is InChI=1S/C14H14BrN3O/c1-18(9-10-3-2-4-11(15)7-10)14(19)13-6-5-12(16)8-17-13/h2-8H,9,16H2,1H3. The highest BCUT2D eigenvalue weighted by Gasteiger charge is 2.13. The summed E-state index contributed by atoms with van der Waals surface area (Å²) in [4.78, 5) is 17.8. The Morgan fingerprint density at radius 2 is 2.16 bits per heavy atom. The monoisotopic (exact) mass is 319 g/mol. The number of rotatable bonds is 3. The zero-order valence-electron chi connectivity index (χ0n) is 10.5. The summed E-state index contributed by atoms with van der Waals surface area (Å²) < 4.78 is 0.997. The molecular formula is C14H14BrN3O. The SMILES string of the molecule is CN(Cc1cccc(Br)c1)C(=O)c1ccc(N)cn1. The lowest BCUT2D eigenvalue weighted by Crippen LogP contribution is -2.27. The molecule has 2 aromatic rings. The maximum Gasteiger partial charge on any atom is 0.272 e. The molecule has 0 radical (unpaired) electrons. The van der Waals surface area contributed by atoms with Gasteiger partial charge in [-0.2, -0.15) is 0 Å². The van der Waals surface area contributed by atoms with Crippen LogP contribution >= 0.6 is 15.9 Å². The first-order valence-electron chi connectivity index (χ1n) is 5.77. The van der Waals surface area contributed by atoms with Gasteiger partial charge < -0.3 is 10.6 Å². The number of nitrogens with two attached hydrogens (primary N) is 1. The molecule has 0 unspecified atom stereocenters. The highest BCUT2D eigenvalue weighted by atomic mass is 79.9. The van der Waals surface area contributed by atoms with E-state index < -0.39 is 0 Å². The summed E-state index contributed by atoms with van der Waals surface area (Å²) in [5.74, 6) is -0.125. The smallest absolute Gasteiger partial charge is 0.272 e. The Labute approximate surface area is 120 Å². The molecule has 0 aliphatic heterocycles. The Morgan fingerprint density at radius 1 is 1.37 bits per heavy atom. The lowest BCUT2D eigenvalue weighted by atomic mass is 10.2. The maximum absolute atomic E-state index is 12.2. The number of pyridine rings is 1. The molecular weight excluding hydrogens is 306 g/mol.